The molecule has 0 aliphatic heterocycles. The number of aryl methyl sites for hydroxylation is 2. The number of benzene rings is 2. The van der Waals surface area contributed by atoms with E-state index in [1.165, 1.54) is 18.2 Å². The number of nitrogens with one attached hydrogen (secondary N) is 1. The summed E-state index contributed by atoms with van der Waals surface area (Å²) in [6, 6.07) is 9.22. The van der Waals surface area contributed by atoms with Gasteiger partial charge in [0.05, 0.1) is 16.7 Å². The fraction of sp³-hybridized carbons (Fsp3) is 0.188. The summed E-state index contributed by atoms with van der Waals surface area (Å²) in [5.41, 5.74) is 0.910. The maximum Gasteiger partial charge on any atom is 0.416 e. The van der Waals surface area contributed by atoms with Gasteiger partial charge in [-0.1, -0.05) is 24.3 Å². The Balaban J connectivity index is 2.14. The number of nitrogens with zero attached hydrogens (tertiary/aromatic N) is 1. The van der Waals surface area contributed by atoms with E-state index in [2.05, 4.69) is 9.93 Å². The molecule has 0 atom stereocenters. The highest BCUT2D eigenvalue weighted by atomic mass is 32.2. The summed E-state index contributed by atoms with van der Waals surface area (Å²) in [7, 11) is -3.84. The Labute approximate surface area is 138 Å². The van der Waals surface area contributed by atoms with Crippen LogP contribution < -0.4 is 4.83 Å². The number of rotatable bonds is 4. The topological polar surface area (TPSA) is 58.5 Å². The fourth-order valence-corrected chi connectivity index (χ4v) is 3.10. The minimum Gasteiger partial charge on any atom is -0.200 e. The third kappa shape index (κ3) is 4.35. The third-order valence-electron chi connectivity index (χ3n) is 3.26. The molecule has 0 spiro atoms. The minimum absolute atomic E-state index is 0.104. The first-order chi connectivity index (χ1) is 11.1. The first kappa shape index (κ1) is 18.0. The zero-order valence-electron chi connectivity index (χ0n) is 12.9. The molecule has 0 aliphatic rings. The standard InChI is InChI=1S/C16H15F3N2O2S/c1-11-3-4-12(2)15(9-11)24(22,23)21-20-10-13-5-7-14(8-6-13)16(17,18)19/h3-10,21H,1-2H3/b20-10-. The fourth-order valence-electron chi connectivity index (χ4n) is 1.97. The van der Waals surface area contributed by atoms with Gasteiger partial charge in [-0.3, -0.25) is 0 Å². The van der Waals surface area contributed by atoms with Crippen LogP contribution in [0.3, 0.4) is 0 Å². The van der Waals surface area contributed by atoms with E-state index in [9.17, 15) is 21.6 Å². The van der Waals surface area contributed by atoms with Gasteiger partial charge in [0.25, 0.3) is 10.0 Å². The highest BCUT2D eigenvalue weighted by Gasteiger charge is 2.29. The first-order valence-corrected chi connectivity index (χ1v) is 8.37. The average Bonchev–Trinajstić information content (AvgIpc) is 2.49. The van der Waals surface area contributed by atoms with Crippen LogP contribution in [0.4, 0.5) is 13.2 Å². The molecule has 0 aromatic heterocycles. The average molecular weight is 356 g/mol. The van der Waals surface area contributed by atoms with Gasteiger partial charge >= 0.3 is 6.18 Å². The lowest BCUT2D eigenvalue weighted by Crippen LogP contribution is -2.19. The smallest absolute Gasteiger partial charge is 0.200 e. The summed E-state index contributed by atoms with van der Waals surface area (Å²) >= 11 is 0. The number of hydrogen-bond acceptors (Lipinski definition) is 3. The molecule has 1 N–H and O–H groups in total. The molecule has 0 aliphatic carbocycles. The van der Waals surface area contributed by atoms with Gasteiger partial charge in [-0.25, -0.2) is 4.83 Å². The van der Waals surface area contributed by atoms with Crippen molar-refractivity contribution >= 4 is 16.2 Å². The number of alkyl halides is 3. The Morgan fingerprint density at radius 3 is 2.25 bits per heavy atom. The van der Waals surface area contributed by atoms with E-state index < -0.39 is 21.8 Å². The van der Waals surface area contributed by atoms with Crippen molar-refractivity contribution in [1.29, 1.82) is 0 Å². The second kappa shape index (κ2) is 6.64. The predicted molar refractivity (Wildman–Crippen MR) is 85.3 cm³/mol. The molecule has 0 unspecified atom stereocenters. The van der Waals surface area contributed by atoms with Gasteiger partial charge in [-0.05, 0) is 48.7 Å². The lowest BCUT2D eigenvalue weighted by Gasteiger charge is -2.08. The molecule has 0 heterocycles. The van der Waals surface area contributed by atoms with Crippen LogP contribution in [0.1, 0.15) is 22.3 Å². The number of hydrogen-bond donors (Lipinski definition) is 1. The van der Waals surface area contributed by atoms with E-state index >= 15 is 0 Å². The highest BCUT2D eigenvalue weighted by Crippen LogP contribution is 2.28. The van der Waals surface area contributed by atoms with Crippen LogP contribution in [0.15, 0.2) is 52.5 Å². The van der Waals surface area contributed by atoms with Crippen molar-refractivity contribution in [1.82, 2.24) is 4.83 Å². The van der Waals surface area contributed by atoms with Crippen molar-refractivity contribution in [3.05, 3.63) is 64.7 Å². The van der Waals surface area contributed by atoms with E-state index in [1.807, 2.05) is 0 Å². The second-order valence-corrected chi connectivity index (χ2v) is 6.87. The molecule has 0 saturated heterocycles. The summed E-state index contributed by atoms with van der Waals surface area (Å²) in [6.07, 6.45) is -3.28. The largest absolute Gasteiger partial charge is 0.416 e. The number of sulfonamides is 1. The van der Waals surface area contributed by atoms with Crippen LogP contribution >= 0.6 is 0 Å². The third-order valence-corrected chi connectivity index (χ3v) is 4.62. The van der Waals surface area contributed by atoms with Crippen molar-refractivity contribution in [2.75, 3.05) is 0 Å². The molecule has 128 valence electrons. The Bertz CT molecular complexity index is 858. The summed E-state index contributed by atoms with van der Waals surface area (Å²) in [5.74, 6) is 0. The summed E-state index contributed by atoms with van der Waals surface area (Å²) in [6.45, 7) is 3.43. The summed E-state index contributed by atoms with van der Waals surface area (Å²) < 4.78 is 61.8. The molecule has 2 aromatic rings. The van der Waals surface area contributed by atoms with Crippen LogP contribution in [-0.4, -0.2) is 14.6 Å². The van der Waals surface area contributed by atoms with Crippen molar-refractivity contribution < 1.29 is 21.6 Å². The second-order valence-electron chi connectivity index (χ2n) is 5.24. The lowest BCUT2D eigenvalue weighted by atomic mass is 10.1. The van der Waals surface area contributed by atoms with E-state index in [-0.39, 0.29) is 4.90 Å². The van der Waals surface area contributed by atoms with E-state index in [1.54, 1.807) is 26.0 Å². The Hall–Kier alpha value is -2.35. The van der Waals surface area contributed by atoms with Crippen molar-refractivity contribution in [2.24, 2.45) is 5.10 Å². The van der Waals surface area contributed by atoms with E-state index in [0.717, 1.165) is 23.9 Å². The molecule has 24 heavy (non-hydrogen) atoms. The van der Waals surface area contributed by atoms with Gasteiger partial charge in [0.1, 0.15) is 0 Å². The quantitative estimate of drug-likeness (QED) is 0.672. The van der Waals surface area contributed by atoms with E-state index in [4.69, 9.17) is 0 Å². The molecule has 0 saturated carbocycles. The molecule has 4 nitrogen and oxygen atoms in total. The first-order valence-electron chi connectivity index (χ1n) is 6.89. The predicted octanol–water partition coefficient (Wildman–Crippen LogP) is 3.63. The number of hydrazone groups is 1. The molecule has 8 heteroatoms. The molecule has 2 aromatic carbocycles. The van der Waals surface area contributed by atoms with Gasteiger partial charge < -0.3 is 0 Å². The molecule has 0 amide bonds. The molecule has 0 fully saturated rings. The van der Waals surface area contributed by atoms with Gasteiger partial charge in [0.2, 0.25) is 0 Å². The summed E-state index contributed by atoms with van der Waals surface area (Å²) in [4.78, 5) is 2.16. The van der Waals surface area contributed by atoms with Gasteiger partial charge in [-0.15, -0.1) is 0 Å². The van der Waals surface area contributed by atoms with Crippen molar-refractivity contribution in [2.45, 2.75) is 24.9 Å². The van der Waals surface area contributed by atoms with Crippen molar-refractivity contribution in [3.8, 4) is 0 Å². The van der Waals surface area contributed by atoms with Gasteiger partial charge in [-0.2, -0.15) is 26.7 Å². The lowest BCUT2D eigenvalue weighted by molar-refractivity contribution is -0.137. The zero-order valence-corrected chi connectivity index (χ0v) is 13.7. The van der Waals surface area contributed by atoms with E-state index in [0.29, 0.717) is 11.1 Å². The van der Waals surface area contributed by atoms with Gasteiger partial charge in [0.15, 0.2) is 0 Å². The van der Waals surface area contributed by atoms with Crippen LogP contribution in [0, 0.1) is 13.8 Å². The monoisotopic (exact) mass is 356 g/mol. The molecule has 0 radical (unpaired) electrons. The molecule has 2 rings (SSSR count). The Kier molecular flexibility index (Phi) is 4.98. The normalized spacial score (nSPS) is 12.5. The maximum absolute atomic E-state index is 12.5. The van der Waals surface area contributed by atoms with Crippen LogP contribution in [-0.2, 0) is 16.2 Å². The molecular weight excluding hydrogens is 341 g/mol. The SMILES string of the molecule is Cc1ccc(C)c(S(=O)(=O)N/N=C\c2ccc(C(F)(F)F)cc2)c1. The number of halogens is 3. The Morgan fingerprint density at radius 2 is 1.67 bits per heavy atom. The van der Waals surface area contributed by atoms with Crippen LogP contribution in [0.5, 0.6) is 0 Å². The Morgan fingerprint density at radius 1 is 1.04 bits per heavy atom. The minimum atomic E-state index is -4.42. The van der Waals surface area contributed by atoms with Crippen LogP contribution in [0.2, 0.25) is 0 Å². The van der Waals surface area contributed by atoms with Gasteiger partial charge in [0, 0.05) is 0 Å². The molecule has 0 bridgehead atoms. The maximum atomic E-state index is 12.5. The highest BCUT2D eigenvalue weighted by molar-refractivity contribution is 7.89. The summed E-state index contributed by atoms with van der Waals surface area (Å²) in [5, 5.41) is 3.61. The van der Waals surface area contributed by atoms with Crippen molar-refractivity contribution in [3.63, 3.8) is 0 Å². The zero-order chi connectivity index (χ0) is 18.0. The van der Waals surface area contributed by atoms with Crippen LogP contribution in [0.25, 0.3) is 0 Å². The molecular formula is C16H15F3N2O2S.